The third-order valence-electron chi connectivity index (χ3n) is 10.2. The van der Waals surface area contributed by atoms with Gasteiger partial charge < -0.3 is 10.0 Å². The van der Waals surface area contributed by atoms with Crippen LogP contribution in [-0.2, 0) is 17.1 Å². The number of carboxylic acid groups (broad SMARTS) is 1. The fourth-order valence-corrected chi connectivity index (χ4v) is 7.59. The molecule has 0 spiro atoms. The van der Waals surface area contributed by atoms with Gasteiger partial charge in [-0.05, 0) is 74.8 Å². The quantitative estimate of drug-likeness (QED) is 0.248. The number of fused-ring (bicyclic) bond motifs is 1. The van der Waals surface area contributed by atoms with Gasteiger partial charge in [-0.3, -0.25) is 19.1 Å². The Morgan fingerprint density at radius 3 is 2.14 bits per heavy atom. The number of rotatable bonds is 7. The summed E-state index contributed by atoms with van der Waals surface area (Å²) in [4.78, 5) is 40.0. The Kier molecular flexibility index (Phi) is 7.91. The van der Waals surface area contributed by atoms with Crippen LogP contribution < -0.4 is 0 Å². The molecule has 3 aliphatic carbocycles. The van der Waals surface area contributed by atoms with Crippen molar-refractivity contribution in [2.75, 3.05) is 6.54 Å². The monoisotopic (exact) mass is 647 g/mol. The molecule has 0 radical (unpaired) electrons. The van der Waals surface area contributed by atoms with E-state index in [2.05, 4.69) is 5.10 Å². The number of hydrogen-bond donors (Lipinski definition) is 1. The average molecular weight is 648 g/mol. The van der Waals surface area contributed by atoms with Crippen molar-refractivity contribution < 1.29 is 45.8 Å². The standard InChI is InChI=1S/C30H32ClF6N3O4/c1-27(2)19-11-16(12-20(19)27)39(14-22(41)23-18(29(32,33)34)5-4-6-21(23)31)25(42)17-13-38-40(24(17)30(35,36)37)15-7-9-28(3,10-8-15)26(43)44/h4-6,13,15-16,19-20H,7-12,14H2,1-3H3,(H,43,44)/t15?,16-,19+,20-,28?. The summed E-state index contributed by atoms with van der Waals surface area (Å²) in [6, 6.07) is 1.32. The highest BCUT2D eigenvalue weighted by molar-refractivity contribution is 6.34. The van der Waals surface area contributed by atoms with E-state index in [-0.39, 0.29) is 42.9 Å². The normalized spacial score (nSPS) is 28.0. The van der Waals surface area contributed by atoms with Crippen molar-refractivity contribution in [3.63, 3.8) is 0 Å². The molecular weight excluding hydrogens is 616 g/mol. The number of hydrogen-bond acceptors (Lipinski definition) is 4. The number of carboxylic acids is 1. The Labute approximate surface area is 254 Å². The second kappa shape index (κ2) is 10.8. The maximum Gasteiger partial charge on any atom is 0.433 e. The number of ketones is 1. The maximum absolute atomic E-state index is 14.6. The lowest BCUT2D eigenvalue weighted by Gasteiger charge is -2.35. The van der Waals surface area contributed by atoms with Gasteiger partial charge >= 0.3 is 18.3 Å². The number of benzene rings is 1. The number of carbonyl (C=O) groups excluding carboxylic acids is 2. The zero-order valence-corrected chi connectivity index (χ0v) is 25.0. The van der Waals surface area contributed by atoms with Crippen molar-refractivity contribution in [3.05, 3.63) is 51.8 Å². The SMILES string of the molecule is CC1(C(=O)O)CCC(n2ncc(C(=O)N(CC(=O)c3c(Cl)cccc3C(F)(F)F)[C@H]3C[C@@H]4[C@H](C3)C4(C)C)c2C(F)(F)F)CC1. The van der Waals surface area contributed by atoms with Crippen molar-refractivity contribution in [1.82, 2.24) is 14.7 Å². The van der Waals surface area contributed by atoms with Gasteiger partial charge in [-0.2, -0.15) is 31.4 Å². The molecule has 0 unspecified atom stereocenters. The predicted octanol–water partition coefficient (Wildman–Crippen LogP) is 7.54. The van der Waals surface area contributed by atoms with Crippen molar-refractivity contribution in [3.8, 4) is 0 Å². The van der Waals surface area contributed by atoms with Crippen LogP contribution in [0.1, 0.15) is 97.3 Å². The molecule has 3 aliphatic rings. The van der Waals surface area contributed by atoms with E-state index >= 15 is 0 Å². The number of nitrogens with zero attached hydrogens (tertiary/aromatic N) is 3. The largest absolute Gasteiger partial charge is 0.481 e. The van der Waals surface area contributed by atoms with Crippen LogP contribution in [0.5, 0.6) is 0 Å². The van der Waals surface area contributed by atoms with Crippen LogP contribution in [0.2, 0.25) is 5.02 Å². The van der Waals surface area contributed by atoms with Crippen molar-refractivity contribution in [2.24, 2.45) is 22.7 Å². The fourth-order valence-electron chi connectivity index (χ4n) is 7.31. The highest BCUT2D eigenvalue weighted by atomic mass is 35.5. The third kappa shape index (κ3) is 5.60. The van der Waals surface area contributed by atoms with E-state index in [1.807, 2.05) is 13.8 Å². The first-order chi connectivity index (χ1) is 20.3. The topological polar surface area (TPSA) is 92.5 Å². The van der Waals surface area contributed by atoms with Crippen LogP contribution in [-0.4, -0.2) is 50.0 Å². The van der Waals surface area contributed by atoms with Crippen molar-refractivity contribution >= 4 is 29.3 Å². The molecule has 0 bridgehead atoms. The van der Waals surface area contributed by atoms with Crippen LogP contribution in [0, 0.1) is 22.7 Å². The number of carbonyl (C=O) groups is 3. The lowest BCUT2D eigenvalue weighted by molar-refractivity contribution is -0.152. The lowest BCUT2D eigenvalue weighted by Crippen LogP contribution is -2.44. The molecule has 7 nitrogen and oxygen atoms in total. The van der Waals surface area contributed by atoms with Gasteiger partial charge in [0.05, 0.1) is 45.9 Å². The van der Waals surface area contributed by atoms with E-state index in [4.69, 9.17) is 11.6 Å². The Morgan fingerprint density at radius 1 is 1.02 bits per heavy atom. The highest BCUT2D eigenvalue weighted by Gasteiger charge is 2.63. The Morgan fingerprint density at radius 2 is 1.61 bits per heavy atom. The molecule has 14 heteroatoms. The first-order valence-electron chi connectivity index (χ1n) is 14.4. The van der Waals surface area contributed by atoms with Gasteiger partial charge in [-0.15, -0.1) is 0 Å². The molecule has 240 valence electrons. The average Bonchev–Trinajstić information content (AvgIpc) is 3.35. The van der Waals surface area contributed by atoms with Gasteiger partial charge in [0.1, 0.15) is 0 Å². The first kappa shape index (κ1) is 32.3. The number of Topliss-reactive ketones (excluding diaryl/α,β-unsaturated/α-hetero) is 1. The Balaban J connectivity index is 1.50. The van der Waals surface area contributed by atoms with Gasteiger partial charge in [0.15, 0.2) is 11.5 Å². The first-order valence-corrected chi connectivity index (χ1v) is 14.7. The van der Waals surface area contributed by atoms with Gasteiger partial charge in [-0.1, -0.05) is 31.5 Å². The molecule has 5 rings (SSSR count). The number of amides is 1. The summed E-state index contributed by atoms with van der Waals surface area (Å²) in [5.74, 6) is -3.04. The summed E-state index contributed by atoms with van der Waals surface area (Å²) in [6.45, 7) is 4.68. The maximum atomic E-state index is 14.6. The van der Waals surface area contributed by atoms with E-state index in [0.717, 1.165) is 23.2 Å². The summed E-state index contributed by atoms with van der Waals surface area (Å²) in [7, 11) is 0. The molecule has 1 amide bonds. The zero-order valence-electron chi connectivity index (χ0n) is 24.2. The minimum atomic E-state index is -5.04. The molecule has 0 saturated heterocycles. The molecule has 1 aromatic heterocycles. The fraction of sp³-hybridized carbons (Fsp3) is 0.600. The highest BCUT2D eigenvalue weighted by Crippen LogP contribution is 2.67. The Hall–Kier alpha value is -3.09. The van der Waals surface area contributed by atoms with Crippen LogP contribution >= 0.6 is 11.6 Å². The summed E-state index contributed by atoms with van der Waals surface area (Å²) < 4.78 is 85.8. The molecule has 1 N–H and O–H groups in total. The number of aromatic nitrogens is 2. The summed E-state index contributed by atoms with van der Waals surface area (Å²) in [6.07, 6.45) is -8.06. The van der Waals surface area contributed by atoms with E-state index in [0.29, 0.717) is 23.6 Å². The second-order valence-electron chi connectivity index (χ2n) is 13.1. The number of alkyl halides is 6. The van der Waals surface area contributed by atoms with Crippen LogP contribution in [0.4, 0.5) is 26.3 Å². The van der Waals surface area contributed by atoms with Gasteiger partial charge in [0.25, 0.3) is 5.91 Å². The molecule has 1 heterocycles. The smallest absolute Gasteiger partial charge is 0.433 e. The molecule has 3 atom stereocenters. The van der Waals surface area contributed by atoms with Crippen molar-refractivity contribution in [1.29, 1.82) is 0 Å². The van der Waals surface area contributed by atoms with Crippen molar-refractivity contribution in [2.45, 2.75) is 83.7 Å². The van der Waals surface area contributed by atoms with E-state index in [1.165, 1.54) is 6.92 Å². The van der Waals surface area contributed by atoms with Gasteiger partial charge in [0, 0.05) is 6.04 Å². The minimum Gasteiger partial charge on any atom is -0.481 e. The zero-order chi connectivity index (χ0) is 32.6. The molecule has 3 fully saturated rings. The lowest BCUT2D eigenvalue weighted by atomic mass is 9.74. The number of aliphatic carboxylic acids is 1. The molecule has 0 aliphatic heterocycles. The molecule has 44 heavy (non-hydrogen) atoms. The van der Waals surface area contributed by atoms with Crippen LogP contribution in [0.3, 0.4) is 0 Å². The van der Waals surface area contributed by atoms with E-state index < -0.39 is 81.5 Å². The predicted molar refractivity (Wildman–Crippen MR) is 146 cm³/mol. The summed E-state index contributed by atoms with van der Waals surface area (Å²) >= 11 is 6.03. The second-order valence-corrected chi connectivity index (χ2v) is 13.5. The van der Waals surface area contributed by atoms with E-state index in [9.17, 15) is 45.8 Å². The van der Waals surface area contributed by atoms with Crippen LogP contribution in [0.15, 0.2) is 24.4 Å². The summed E-state index contributed by atoms with van der Waals surface area (Å²) in [5.41, 5.74) is -5.43. The molecule has 2 aromatic rings. The minimum absolute atomic E-state index is 0.0468. The van der Waals surface area contributed by atoms with E-state index in [1.54, 1.807) is 0 Å². The molecular formula is C30H32ClF6N3O4. The molecule has 3 saturated carbocycles. The van der Waals surface area contributed by atoms with Crippen LogP contribution in [0.25, 0.3) is 0 Å². The summed E-state index contributed by atoms with van der Waals surface area (Å²) in [5, 5.41) is 13.0. The molecule has 1 aromatic carbocycles. The number of halogens is 7. The Bertz CT molecular complexity index is 1480. The third-order valence-corrected chi connectivity index (χ3v) is 10.5. The van der Waals surface area contributed by atoms with Gasteiger partial charge in [-0.25, -0.2) is 0 Å². The van der Waals surface area contributed by atoms with Gasteiger partial charge in [0.2, 0.25) is 0 Å².